The molecule has 0 aromatic rings. The Morgan fingerprint density at radius 1 is 1.50 bits per heavy atom. The molecule has 0 aliphatic rings. The van der Waals surface area contributed by atoms with E-state index in [1.165, 1.54) is 0 Å². The van der Waals surface area contributed by atoms with E-state index >= 15 is 0 Å². The van der Waals surface area contributed by atoms with Crippen molar-refractivity contribution in [1.82, 2.24) is 4.90 Å². The summed E-state index contributed by atoms with van der Waals surface area (Å²) in [7, 11) is 0. The number of aliphatic carboxylic acids is 1. The van der Waals surface area contributed by atoms with E-state index in [4.69, 9.17) is 17.3 Å². The molecule has 0 aromatic carbocycles. The minimum atomic E-state index is -1.07. The standard InChI is InChI=1S/C9H14N2O3/c1-2-6-11(7-9(13)14)8(12)4-3-5-10/h1H,3-7,10H2,(H,13,14). The van der Waals surface area contributed by atoms with Crippen LogP contribution in [0.15, 0.2) is 0 Å². The van der Waals surface area contributed by atoms with Crippen LogP contribution >= 0.6 is 0 Å². The van der Waals surface area contributed by atoms with Gasteiger partial charge in [0.1, 0.15) is 6.54 Å². The Kier molecular flexibility index (Phi) is 6.16. The van der Waals surface area contributed by atoms with Crippen molar-refractivity contribution in [3.63, 3.8) is 0 Å². The number of carbonyl (C=O) groups excluding carboxylic acids is 1. The average molecular weight is 198 g/mol. The molecule has 78 valence electrons. The summed E-state index contributed by atoms with van der Waals surface area (Å²) in [5.41, 5.74) is 5.22. The molecule has 0 heterocycles. The third kappa shape index (κ3) is 5.17. The van der Waals surface area contributed by atoms with Crippen molar-refractivity contribution in [2.75, 3.05) is 19.6 Å². The van der Waals surface area contributed by atoms with Gasteiger partial charge in [0.05, 0.1) is 6.54 Å². The van der Waals surface area contributed by atoms with Gasteiger partial charge < -0.3 is 15.7 Å². The molecule has 0 saturated carbocycles. The molecule has 0 saturated heterocycles. The van der Waals surface area contributed by atoms with E-state index in [-0.39, 0.29) is 25.4 Å². The van der Waals surface area contributed by atoms with E-state index in [1.54, 1.807) is 0 Å². The van der Waals surface area contributed by atoms with E-state index in [2.05, 4.69) is 5.92 Å². The Balaban J connectivity index is 4.12. The lowest BCUT2D eigenvalue weighted by Crippen LogP contribution is -2.36. The molecule has 0 unspecified atom stereocenters. The Labute approximate surface area is 82.9 Å². The number of hydrogen-bond acceptors (Lipinski definition) is 3. The Morgan fingerprint density at radius 3 is 2.57 bits per heavy atom. The van der Waals surface area contributed by atoms with Crippen molar-refractivity contribution in [1.29, 1.82) is 0 Å². The minimum Gasteiger partial charge on any atom is -0.480 e. The monoisotopic (exact) mass is 198 g/mol. The zero-order valence-corrected chi connectivity index (χ0v) is 7.90. The molecule has 5 nitrogen and oxygen atoms in total. The lowest BCUT2D eigenvalue weighted by molar-refractivity contribution is -0.144. The fourth-order valence-electron chi connectivity index (χ4n) is 0.917. The van der Waals surface area contributed by atoms with Gasteiger partial charge in [-0.1, -0.05) is 5.92 Å². The molecule has 14 heavy (non-hydrogen) atoms. The first-order valence-corrected chi connectivity index (χ1v) is 4.25. The lowest BCUT2D eigenvalue weighted by atomic mass is 10.2. The van der Waals surface area contributed by atoms with Crippen molar-refractivity contribution in [3.05, 3.63) is 0 Å². The minimum absolute atomic E-state index is 0.0235. The van der Waals surface area contributed by atoms with Crippen LogP contribution in [0.2, 0.25) is 0 Å². The molecule has 0 bridgehead atoms. The molecule has 0 aliphatic heterocycles. The van der Waals surface area contributed by atoms with Crippen molar-refractivity contribution < 1.29 is 14.7 Å². The van der Waals surface area contributed by atoms with E-state index in [1.807, 2.05) is 0 Å². The lowest BCUT2D eigenvalue weighted by Gasteiger charge is -2.17. The summed E-state index contributed by atoms with van der Waals surface area (Å²) in [5, 5.41) is 8.50. The average Bonchev–Trinajstić information content (AvgIpc) is 2.13. The number of carbonyl (C=O) groups is 2. The van der Waals surface area contributed by atoms with Gasteiger partial charge in [-0.25, -0.2) is 0 Å². The van der Waals surface area contributed by atoms with Crippen LogP contribution in [0, 0.1) is 12.3 Å². The van der Waals surface area contributed by atoms with E-state index in [0.717, 1.165) is 4.90 Å². The van der Waals surface area contributed by atoms with Crippen LogP contribution in [0.1, 0.15) is 12.8 Å². The smallest absolute Gasteiger partial charge is 0.323 e. The summed E-state index contributed by atoms with van der Waals surface area (Å²) in [6.45, 7) is 0.0754. The SMILES string of the molecule is C#CCN(CC(=O)O)C(=O)CCCN. The first kappa shape index (κ1) is 12.5. The summed E-state index contributed by atoms with van der Waals surface area (Å²) in [6.07, 6.45) is 5.79. The zero-order valence-electron chi connectivity index (χ0n) is 7.90. The molecule has 0 atom stereocenters. The molecule has 0 aliphatic carbocycles. The number of carboxylic acids is 1. The van der Waals surface area contributed by atoms with Crippen molar-refractivity contribution in [2.45, 2.75) is 12.8 Å². The molecule has 0 radical (unpaired) electrons. The number of terminal acetylenes is 1. The fourth-order valence-corrected chi connectivity index (χ4v) is 0.917. The summed E-state index contributed by atoms with van der Waals surface area (Å²) in [4.78, 5) is 22.8. The number of nitrogens with zero attached hydrogens (tertiary/aromatic N) is 1. The van der Waals surface area contributed by atoms with Crippen LogP contribution in [0.5, 0.6) is 0 Å². The third-order valence-corrected chi connectivity index (χ3v) is 1.56. The Morgan fingerprint density at radius 2 is 2.14 bits per heavy atom. The highest BCUT2D eigenvalue weighted by Gasteiger charge is 2.14. The Hall–Kier alpha value is -1.54. The maximum Gasteiger partial charge on any atom is 0.323 e. The maximum absolute atomic E-state index is 11.3. The molecule has 0 rings (SSSR count). The molecular formula is C9H14N2O3. The van der Waals surface area contributed by atoms with E-state index < -0.39 is 5.97 Å². The molecule has 3 N–H and O–H groups in total. The first-order chi connectivity index (χ1) is 6.61. The molecule has 1 amide bonds. The van der Waals surface area contributed by atoms with Gasteiger partial charge in [-0.05, 0) is 13.0 Å². The molecule has 0 aromatic heterocycles. The van der Waals surface area contributed by atoms with Crippen molar-refractivity contribution >= 4 is 11.9 Å². The van der Waals surface area contributed by atoms with Crippen LogP contribution in [0.3, 0.4) is 0 Å². The second-order valence-corrected chi connectivity index (χ2v) is 2.74. The van der Waals surface area contributed by atoms with Crippen LogP contribution in [-0.4, -0.2) is 41.5 Å². The van der Waals surface area contributed by atoms with Gasteiger partial charge >= 0.3 is 5.97 Å². The fraction of sp³-hybridized carbons (Fsp3) is 0.556. The normalized spacial score (nSPS) is 9.14. The molecular weight excluding hydrogens is 184 g/mol. The van der Waals surface area contributed by atoms with Gasteiger partial charge in [-0.2, -0.15) is 0 Å². The summed E-state index contributed by atoms with van der Waals surface area (Å²) in [6, 6.07) is 0. The van der Waals surface area contributed by atoms with Crippen molar-refractivity contribution in [3.8, 4) is 12.3 Å². The van der Waals surface area contributed by atoms with Gasteiger partial charge in [0.25, 0.3) is 0 Å². The highest BCUT2D eigenvalue weighted by molar-refractivity contribution is 5.81. The van der Waals surface area contributed by atoms with Crippen LogP contribution < -0.4 is 5.73 Å². The summed E-state index contributed by atoms with van der Waals surface area (Å²) in [5.74, 6) is 0.905. The van der Waals surface area contributed by atoms with E-state index in [0.29, 0.717) is 13.0 Å². The zero-order chi connectivity index (χ0) is 11.0. The second kappa shape index (κ2) is 6.92. The number of carboxylic acid groups (broad SMARTS) is 1. The number of nitrogens with two attached hydrogens (primary N) is 1. The van der Waals surface area contributed by atoms with Gasteiger partial charge in [-0.15, -0.1) is 6.42 Å². The van der Waals surface area contributed by atoms with Gasteiger partial charge in [-0.3, -0.25) is 9.59 Å². The van der Waals surface area contributed by atoms with Crippen LogP contribution in [0.4, 0.5) is 0 Å². The summed E-state index contributed by atoms with van der Waals surface area (Å²) >= 11 is 0. The van der Waals surface area contributed by atoms with E-state index in [9.17, 15) is 9.59 Å². The predicted molar refractivity (Wildman–Crippen MR) is 51.3 cm³/mol. The molecule has 5 heteroatoms. The quantitative estimate of drug-likeness (QED) is 0.551. The van der Waals surface area contributed by atoms with Gasteiger partial charge in [0.15, 0.2) is 0 Å². The first-order valence-electron chi connectivity index (χ1n) is 4.25. The highest BCUT2D eigenvalue weighted by atomic mass is 16.4. The topological polar surface area (TPSA) is 83.6 Å². The third-order valence-electron chi connectivity index (χ3n) is 1.56. The molecule has 0 spiro atoms. The summed E-state index contributed by atoms with van der Waals surface area (Å²) < 4.78 is 0. The number of hydrogen-bond donors (Lipinski definition) is 2. The highest BCUT2D eigenvalue weighted by Crippen LogP contribution is 1.96. The Bertz CT molecular complexity index is 245. The van der Waals surface area contributed by atoms with Gasteiger partial charge in [0.2, 0.25) is 5.91 Å². The number of rotatable bonds is 6. The number of amides is 1. The van der Waals surface area contributed by atoms with Crippen LogP contribution in [-0.2, 0) is 9.59 Å². The molecule has 0 fully saturated rings. The second-order valence-electron chi connectivity index (χ2n) is 2.74. The van der Waals surface area contributed by atoms with Gasteiger partial charge in [0, 0.05) is 6.42 Å². The maximum atomic E-state index is 11.3. The van der Waals surface area contributed by atoms with Crippen molar-refractivity contribution in [2.24, 2.45) is 5.73 Å². The largest absolute Gasteiger partial charge is 0.480 e. The van der Waals surface area contributed by atoms with Crippen LogP contribution in [0.25, 0.3) is 0 Å². The predicted octanol–water partition coefficient (Wildman–Crippen LogP) is -0.728.